The van der Waals surface area contributed by atoms with E-state index in [1.54, 1.807) is 0 Å². The molecular formula is C8H15NO3. The highest BCUT2D eigenvalue weighted by molar-refractivity contribution is 5.81. The summed E-state index contributed by atoms with van der Waals surface area (Å²) in [6.07, 6.45) is 1.80. The molecule has 1 rings (SSSR count). The van der Waals surface area contributed by atoms with Gasteiger partial charge < -0.3 is 4.74 Å². The van der Waals surface area contributed by atoms with Gasteiger partial charge in [-0.1, -0.05) is 0 Å². The van der Waals surface area contributed by atoms with Crippen molar-refractivity contribution < 1.29 is 14.4 Å². The number of rotatable bonds is 2. The highest BCUT2D eigenvalue weighted by Crippen LogP contribution is 2.27. The van der Waals surface area contributed by atoms with Gasteiger partial charge in [-0.25, -0.2) is 5.48 Å². The average molecular weight is 173 g/mol. The number of ether oxygens (including phenoxy) is 1. The molecule has 1 aliphatic rings. The fourth-order valence-corrected chi connectivity index (χ4v) is 1.33. The molecule has 1 heterocycles. The molecule has 12 heavy (non-hydrogen) atoms. The van der Waals surface area contributed by atoms with Crippen LogP contribution in [0.3, 0.4) is 0 Å². The van der Waals surface area contributed by atoms with E-state index in [9.17, 15) is 4.79 Å². The van der Waals surface area contributed by atoms with Crippen LogP contribution in [0, 0.1) is 5.41 Å². The molecule has 1 N–H and O–H groups in total. The maximum atomic E-state index is 11.4. The maximum absolute atomic E-state index is 11.4. The third kappa shape index (κ3) is 1.95. The van der Waals surface area contributed by atoms with Gasteiger partial charge in [0.15, 0.2) is 0 Å². The van der Waals surface area contributed by atoms with Crippen molar-refractivity contribution >= 4 is 5.91 Å². The first-order chi connectivity index (χ1) is 5.69. The molecule has 1 saturated heterocycles. The standard InChI is InChI=1S/C8H15NO3/c1-8(7(10)9-11-2)4-3-5-12-6-8/h3-6H2,1-2H3,(H,9,10). The second-order valence-electron chi connectivity index (χ2n) is 3.35. The molecule has 0 bridgehead atoms. The molecule has 0 aromatic rings. The largest absolute Gasteiger partial charge is 0.380 e. The first-order valence-corrected chi connectivity index (χ1v) is 4.10. The van der Waals surface area contributed by atoms with E-state index in [0.717, 1.165) is 19.4 Å². The molecule has 1 amide bonds. The second-order valence-corrected chi connectivity index (χ2v) is 3.35. The minimum atomic E-state index is -0.408. The summed E-state index contributed by atoms with van der Waals surface area (Å²) in [5.74, 6) is -0.0929. The summed E-state index contributed by atoms with van der Waals surface area (Å²) in [7, 11) is 1.44. The van der Waals surface area contributed by atoms with Gasteiger partial charge in [0.1, 0.15) is 0 Å². The third-order valence-corrected chi connectivity index (χ3v) is 2.18. The van der Waals surface area contributed by atoms with E-state index in [1.807, 2.05) is 6.92 Å². The van der Waals surface area contributed by atoms with Gasteiger partial charge in [0, 0.05) is 6.61 Å². The van der Waals surface area contributed by atoms with Gasteiger partial charge in [0.2, 0.25) is 0 Å². The van der Waals surface area contributed by atoms with Gasteiger partial charge in [0.25, 0.3) is 5.91 Å². The van der Waals surface area contributed by atoms with Gasteiger partial charge in [-0.3, -0.25) is 9.63 Å². The van der Waals surface area contributed by atoms with Crippen molar-refractivity contribution in [1.29, 1.82) is 0 Å². The van der Waals surface area contributed by atoms with E-state index in [4.69, 9.17) is 4.74 Å². The lowest BCUT2D eigenvalue weighted by molar-refractivity contribution is -0.148. The summed E-state index contributed by atoms with van der Waals surface area (Å²) in [4.78, 5) is 16.0. The molecule has 0 saturated carbocycles. The van der Waals surface area contributed by atoms with Crippen LogP contribution >= 0.6 is 0 Å². The summed E-state index contributed by atoms with van der Waals surface area (Å²) in [6.45, 7) is 3.14. The minimum Gasteiger partial charge on any atom is -0.380 e. The van der Waals surface area contributed by atoms with E-state index >= 15 is 0 Å². The molecular weight excluding hydrogens is 158 g/mol. The van der Waals surface area contributed by atoms with Gasteiger partial charge in [-0.2, -0.15) is 0 Å². The Hall–Kier alpha value is -0.610. The van der Waals surface area contributed by atoms with Crippen molar-refractivity contribution in [2.45, 2.75) is 19.8 Å². The Morgan fingerprint density at radius 3 is 2.92 bits per heavy atom. The predicted octanol–water partition coefficient (Wildman–Crippen LogP) is 0.481. The normalized spacial score (nSPS) is 29.8. The zero-order valence-electron chi connectivity index (χ0n) is 7.55. The summed E-state index contributed by atoms with van der Waals surface area (Å²) < 4.78 is 5.24. The number of carbonyl (C=O) groups is 1. The predicted molar refractivity (Wildman–Crippen MR) is 43.3 cm³/mol. The van der Waals surface area contributed by atoms with Crippen molar-refractivity contribution in [2.24, 2.45) is 5.41 Å². The van der Waals surface area contributed by atoms with Crippen molar-refractivity contribution in [1.82, 2.24) is 5.48 Å². The van der Waals surface area contributed by atoms with Crippen LogP contribution in [0.25, 0.3) is 0 Å². The lowest BCUT2D eigenvalue weighted by Gasteiger charge is -2.31. The van der Waals surface area contributed by atoms with Gasteiger partial charge in [0.05, 0.1) is 19.1 Å². The molecule has 1 unspecified atom stereocenters. The van der Waals surface area contributed by atoms with Crippen LogP contribution in [0.4, 0.5) is 0 Å². The van der Waals surface area contributed by atoms with Gasteiger partial charge in [-0.15, -0.1) is 0 Å². The first kappa shape index (κ1) is 9.48. The lowest BCUT2D eigenvalue weighted by Crippen LogP contribution is -2.43. The van der Waals surface area contributed by atoms with Gasteiger partial charge >= 0.3 is 0 Å². The summed E-state index contributed by atoms with van der Waals surface area (Å²) in [6, 6.07) is 0. The lowest BCUT2D eigenvalue weighted by atomic mass is 9.84. The van der Waals surface area contributed by atoms with Crippen LogP contribution in [0.2, 0.25) is 0 Å². The Morgan fingerprint density at radius 1 is 1.67 bits per heavy atom. The molecule has 1 atom stereocenters. The van der Waals surface area contributed by atoms with Crippen molar-refractivity contribution in [3.8, 4) is 0 Å². The maximum Gasteiger partial charge on any atom is 0.251 e. The van der Waals surface area contributed by atoms with Crippen LogP contribution in [0.5, 0.6) is 0 Å². The second kappa shape index (κ2) is 3.87. The van der Waals surface area contributed by atoms with Crippen molar-refractivity contribution in [3.05, 3.63) is 0 Å². The van der Waals surface area contributed by atoms with Crippen LogP contribution in [0.1, 0.15) is 19.8 Å². The zero-order valence-corrected chi connectivity index (χ0v) is 7.55. The van der Waals surface area contributed by atoms with E-state index < -0.39 is 5.41 Å². The van der Waals surface area contributed by atoms with Crippen molar-refractivity contribution in [3.63, 3.8) is 0 Å². The molecule has 0 aliphatic carbocycles. The quantitative estimate of drug-likeness (QED) is 0.618. The van der Waals surface area contributed by atoms with E-state index in [2.05, 4.69) is 10.3 Å². The summed E-state index contributed by atoms with van der Waals surface area (Å²) in [5.41, 5.74) is 1.93. The van der Waals surface area contributed by atoms with Crippen LogP contribution < -0.4 is 5.48 Å². The molecule has 70 valence electrons. The topological polar surface area (TPSA) is 47.6 Å². The molecule has 0 radical (unpaired) electrons. The number of hydrogen-bond acceptors (Lipinski definition) is 3. The summed E-state index contributed by atoms with van der Waals surface area (Å²) in [5, 5.41) is 0. The third-order valence-electron chi connectivity index (χ3n) is 2.18. The highest BCUT2D eigenvalue weighted by atomic mass is 16.6. The van der Waals surface area contributed by atoms with Crippen molar-refractivity contribution in [2.75, 3.05) is 20.3 Å². The molecule has 1 aliphatic heterocycles. The van der Waals surface area contributed by atoms with E-state index in [-0.39, 0.29) is 5.91 Å². The number of carbonyl (C=O) groups excluding carboxylic acids is 1. The number of amides is 1. The van der Waals surface area contributed by atoms with E-state index in [1.165, 1.54) is 7.11 Å². The van der Waals surface area contributed by atoms with Crippen LogP contribution in [0.15, 0.2) is 0 Å². The number of hydroxylamine groups is 1. The Morgan fingerprint density at radius 2 is 2.42 bits per heavy atom. The Labute approximate surface area is 72.2 Å². The molecule has 0 aromatic heterocycles. The first-order valence-electron chi connectivity index (χ1n) is 4.10. The van der Waals surface area contributed by atoms with E-state index in [0.29, 0.717) is 6.61 Å². The fourth-order valence-electron chi connectivity index (χ4n) is 1.33. The number of nitrogens with one attached hydrogen (secondary N) is 1. The molecule has 0 spiro atoms. The molecule has 4 nitrogen and oxygen atoms in total. The Bertz CT molecular complexity index is 164. The molecule has 0 aromatic carbocycles. The van der Waals surface area contributed by atoms with Crippen LogP contribution in [-0.2, 0) is 14.4 Å². The smallest absolute Gasteiger partial charge is 0.251 e. The zero-order chi connectivity index (χ0) is 9.03. The molecule has 1 fully saturated rings. The molecule has 4 heteroatoms. The van der Waals surface area contributed by atoms with Gasteiger partial charge in [-0.05, 0) is 19.8 Å². The highest BCUT2D eigenvalue weighted by Gasteiger charge is 2.35. The Kier molecular flexibility index (Phi) is 3.05. The fraction of sp³-hybridized carbons (Fsp3) is 0.875. The Balaban J connectivity index is 2.50. The summed E-state index contributed by atoms with van der Waals surface area (Å²) >= 11 is 0. The SMILES string of the molecule is CONC(=O)C1(C)CCCOC1. The minimum absolute atomic E-state index is 0.0929. The van der Waals surface area contributed by atoms with Crippen LogP contribution in [-0.4, -0.2) is 26.2 Å². The average Bonchev–Trinajstić information content (AvgIpc) is 2.06. The number of hydrogen-bond donors (Lipinski definition) is 1. The monoisotopic (exact) mass is 173 g/mol.